The number of piperidine rings is 1. The summed E-state index contributed by atoms with van der Waals surface area (Å²) in [5.41, 5.74) is 2.99. The van der Waals surface area contributed by atoms with Crippen LogP contribution in [-0.2, 0) is 17.8 Å². The third-order valence-corrected chi connectivity index (χ3v) is 6.84. The highest BCUT2D eigenvalue weighted by atomic mass is 16.5. The number of nitrogens with one attached hydrogen (secondary N) is 2. The monoisotopic (exact) mass is 371 g/mol. The lowest BCUT2D eigenvalue weighted by Crippen LogP contribution is -2.50. The Morgan fingerprint density at radius 2 is 2.04 bits per heavy atom. The maximum atomic E-state index is 5.72. The lowest BCUT2D eigenvalue weighted by atomic mass is 9.93. The second-order valence-electron chi connectivity index (χ2n) is 8.97. The molecule has 2 heterocycles. The summed E-state index contributed by atoms with van der Waals surface area (Å²) < 4.78 is 5.72. The van der Waals surface area contributed by atoms with Gasteiger partial charge in [-0.05, 0) is 55.2 Å². The summed E-state index contributed by atoms with van der Waals surface area (Å²) in [4.78, 5) is 2.65. The number of likely N-dealkylation sites (tertiary alicyclic amines) is 1. The van der Waals surface area contributed by atoms with Crippen LogP contribution < -0.4 is 10.6 Å². The average Bonchev–Trinajstić information content (AvgIpc) is 3.17. The van der Waals surface area contributed by atoms with Crippen molar-refractivity contribution in [2.24, 2.45) is 11.8 Å². The van der Waals surface area contributed by atoms with Crippen LogP contribution in [0.5, 0.6) is 0 Å². The van der Waals surface area contributed by atoms with E-state index in [0.717, 1.165) is 38.8 Å². The van der Waals surface area contributed by atoms with E-state index >= 15 is 0 Å². The van der Waals surface area contributed by atoms with Crippen LogP contribution in [0.3, 0.4) is 0 Å². The van der Waals surface area contributed by atoms with Gasteiger partial charge in [-0.15, -0.1) is 0 Å². The Labute approximate surface area is 165 Å². The molecule has 0 aromatic heterocycles. The van der Waals surface area contributed by atoms with E-state index in [4.69, 9.17) is 4.74 Å². The highest BCUT2D eigenvalue weighted by Gasteiger charge is 2.34. The summed E-state index contributed by atoms with van der Waals surface area (Å²) in [7, 11) is 0. The Hall–Kier alpha value is -0.940. The predicted molar refractivity (Wildman–Crippen MR) is 111 cm³/mol. The van der Waals surface area contributed by atoms with Gasteiger partial charge in [0.05, 0.1) is 13.2 Å². The fourth-order valence-electron chi connectivity index (χ4n) is 5.38. The number of benzene rings is 1. The molecule has 3 aliphatic rings. The summed E-state index contributed by atoms with van der Waals surface area (Å²) in [6.07, 6.45) is 6.71. The first-order valence-electron chi connectivity index (χ1n) is 11.1. The lowest BCUT2D eigenvalue weighted by Gasteiger charge is -2.33. The molecule has 1 aliphatic carbocycles. The van der Waals surface area contributed by atoms with Gasteiger partial charge in [-0.25, -0.2) is 0 Å². The molecule has 1 aromatic carbocycles. The van der Waals surface area contributed by atoms with Gasteiger partial charge in [0.15, 0.2) is 0 Å². The molecule has 0 radical (unpaired) electrons. The van der Waals surface area contributed by atoms with Crippen LogP contribution in [0.1, 0.15) is 50.2 Å². The first-order chi connectivity index (χ1) is 13.3. The third-order valence-electron chi connectivity index (χ3n) is 6.84. The van der Waals surface area contributed by atoms with E-state index in [1.54, 1.807) is 0 Å². The van der Waals surface area contributed by atoms with Crippen LogP contribution in [0.4, 0.5) is 0 Å². The Kier molecular flexibility index (Phi) is 6.82. The van der Waals surface area contributed by atoms with Gasteiger partial charge >= 0.3 is 0 Å². The second-order valence-corrected chi connectivity index (χ2v) is 8.97. The summed E-state index contributed by atoms with van der Waals surface area (Å²) in [6.45, 7) is 9.75. The molecule has 4 rings (SSSR count). The minimum atomic E-state index is 0.531. The van der Waals surface area contributed by atoms with Gasteiger partial charge in [-0.3, -0.25) is 4.90 Å². The van der Waals surface area contributed by atoms with Crippen LogP contribution in [-0.4, -0.2) is 49.8 Å². The number of morpholine rings is 1. The fraction of sp³-hybridized carbons (Fsp3) is 0.739. The van der Waals surface area contributed by atoms with Crippen molar-refractivity contribution in [1.29, 1.82) is 0 Å². The normalized spacial score (nSPS) is 32.6. The molecule has 4 heteroatoms. The summed E-state index contributed by atoms with van der Waals surface area (Å²) in [5.74, 6) is 1.55. The maximum absolute atomic E-state index is 5.72. The molecular weight excluding hydrogens is 334 g/mol. The lowest BCUT2D eigenvalue weighted by molar-refractivity contribution is 0.0524. The van der Waals surface area contributed by atoms with Crippen molar-refractivity contribution < 1.29 is 4.74 Å². The van der Waals surface area contributed by atoms with Crippen molar-refractivity contribution >= 4 is 0 Å². The number of hydrogen-bond acceptors (Lipinski definition) is 4. The molecule has 27 heavy (non-hydrogen) atoms. The molecule has 150 valence electrons. The summed E-state index contributed by atoms with van der Waals surface area (Å²) in [5, 5.41) is 7.60. The van der Waals surface area contributed by atoms with Gasteiger partial charge in [0, 0.05) is 38.3 Å². The zero-order valence-electron chi connectivity index (χ0n) is 17.0. The maximum Gasteiger partial charge on any atom is 0.0623 e. The molecule has 4 unspecified atom stereocenters. The van der Waals surface area contributed by atoms with E-state index in [2.05, 4.69) is 46.7 Å². The number of hydrogen-bond donors (Lipinski definition) is 2. The first kappa shape index (κ1) is 19.4. The zero-order valence-corrected chi connectivity index (χ0v) is 17.0. The van der Waals surface area contributed by atoms with Crippen LogP contribution >= 0.6 is 0 Å². The standard InChI is InChI=1S/C23H37N3O/c1-18-6-5-12-26(15-18)16-20-8-3-2-7-19(20)14-25-22-10-4-9-21(22)23-17-27-13-11-24-23/h2-3,7-8,18,21-25H,4-6,9-17H2,1H3. The highest BCUT2D eigenvalue weighted by Crippen LogP contribution is 2.30. The molecule has 2 N–H and O–H groups in total. The minimum absolute atomic E-state index is 0.531. The largest absolute Gasteiger partial charge is 0.379 e. The molecule has 0 bridgehead atoms. The van der Waals surface area contributed by atoms with E-state index in [9.17, 15) is 0 Å². The topological polar surface area (TPSA) is 36.5 Å². The molecule has 1 aromatic rings. The Morgan fingerprint density at radius 1 is 1.15 bits per heavy atom. The Bertz CT molecular complexity index is 587. The summed E-state index contributed by atoms with van der Waals surface area (Å²) in [6, 6.07) is 10.2. The van der Waals surface area contributed by atoms with E-state index in [0.29, 0.717) is 18.0 Å². The number of ether oxygens (including phenoxy) is 1. The Balaban J connectivity index is 1.35. The molecule has 4 atom stereocenters. The zero-order chi connectivity index (χ0) is 18.5. The molecule has 2 saturated heterocycles. The van der Waals surface area contributed by atoms with Crippen LogP contribution in [0, 0.1) is 11.8 Å². The molecular formula is C23H37N3O. The van der Waals surface area contributed by atoms with Crippen molar-refractivity contribution in [2.75, 3.05) is 32.8 Å². The molecule has 1 saturated carbocycles. The molecule has 0 amide bonds. The van der Waals surface area contributed by atoms with Gasteiger partial charge in [0.1, 0.15) is 0 Å². The second kappa shape index (κ2) is 9.51. The number of nitrogens with zero attached hydrogens (tertiary/aromatic N) is 1. The third kappa shape index (κ3) is 5.11. The number of rotatable bonds is 6. The quantitative estimate of drug-likeness (QED) is 0.805. The Morgan fingerprint density at radius 3 is 2.85 bits per heavy atom. The molecule has 4 nitrogen and oxygen atoms in total. The van der Waals surface area contributed by atoms with Crippen molar-refractivity contribution in [3.8, 4) is 0 Å². The van der Waals surface area contributed by atoms with Gasteiger partial charge in [0.2, 0.25) is 0 Å². The smallest absolute Gasteiger partial charge is 0.0623 e. The van der Waals surface area contributed by atoms with Gasteiger partial charge in [-0.1, -0.05) is 37.6 Å². The van der Waals surface area contributed by atoms with E-state index in [-0.39, 0.29) is 0 Å². The van der Waals surface area contributed by atoms with E-state index < -0.39 is 0 Å². The van der Waals surface area contributed by atoms with Gasteiger partial charge < -0.3 is 15.4 Å². The van der Waals surface area contributed by atoms with Gasteiger partial charge in [-0.2, -0.15) is 0 Å². The molecule has 2 aliphatic heterocycles. The van der Waals surface area contributed by atoms with Crippen molar-refractivity contribution in [2.45, 2.75) is 64.2 Å². The van der Waals surface area contributed by atoms with Crippen molar-refractivity contribution in [3.63, 3.8) is 0 Å². The average molecular weight is 372 g/mol. The van der Waals surface area contributed by atoms with Crippen LogP contribution in [0.2, 0.25) is 0 Å². The van der Waals surface area contributed by atoms with Gasteiger partial charge in [0.25, 0.3) is 0 Å². The van der Waals surface area contributed by atoms with Crippen molar-refractivity contribution in [1.82, 2.24) is 15.5 Å². The molecule has 3 fully saturated rings. The first-order valence-corrected chi connectivity index (χ1v) is 11.1. The van der Waals surface area contributed by atoms with Crippen LogP contribution in [0.25, 0.3) is 0 Å². The minimum Gasteiger partial charge on any atom is -0.379 e. The SMILES string of the molecule is CC1CCCN(Cc2ccccc2CNC2CCCC2C2COCCN2)C1. The highest BCUT2D eigenvalue weighted by molar-refractivity contribution is 5.27. The fourth-order valence-corrected chi connectivity index (χ4v) is 5.38. The predicted octanol–water partition coefficient (Wildman–Crippen LogP) is 3.17. The van der Waals surface area contributed by atoms with Crippen LogP contribution in [0.15, 0.2) is 24.3 Å². The van der Waals surface area contributed by atoms with E-state index in [1.165, 1.54) is 56.3 Å². The van der Waals surface area contributed by atoms with E-state index in [1.807, 2.05) is 0 Å². The van der Waals surface area contributed by atoms with Crippen molar-refractivity contribution in [3.05, 3.63) is 35.4 Å². The molecule has 0 spiro atoms. The summed E-state index contributed by atoms with van der Waals surface area (Å²) >= 11 is 0.